The monoisotopic (exact) mass is 544 g/mol. The van der Waals surface area contributed by atoms with Gasteiger partial charge in [0.2, 0.25) is 0 Å². The summed E-state index contributed by atoms with van der Waals surface area (Å²) in [6, 6.07) is 21.9. The first-order valence-corrected chi connectivity index (χ1v) is 14.5. The van der Waals surface area contributed by atoms with Crippen LogP contribution in [-0.4, -0.2) is 72.1 Å². The van der Waals surface area contributed by atoms with Gasteiger partial charge in [0.1, 0.15) is 0 Å². The number of hydrogen-bond donors (Lipinski definition) is 3. The standard InChI is InChI=1S/C32H44N6O2/c1-24(2)37-21-19-36(20-22-37)23-26-13-15-28(16-14-26)31(39)35-38(18-7-6-17-33)32(40)34-25(3)29-12-8-10-27-9-4-5-11-30(27)29/h4-5,8-16,24-25H,6-7,17-23,33H2,1-3H3,(H,34,40)(H,35,39). The van der Waals surface area contributed by atoms with Crippen LogP contribution in [0, 0.1) is 0 Å². The van der Waals surface area contributed by atoms with Crippen molar-refractivity contribution in [2.75, 3.05) is 39.3 Å². The van der Waals surface area contributed by atoms with Crippen molar-refractivity contribution in [3.8, 4) is 0 Å². The fraction of sp³-hybridized carbons (Fsp3) is 0.438. The normalized spacial score (nSPS) is 15.2. The summed E-state index contributed by atoms with van der Waals surface area (Å²) in [6.07, 6.45) is 1.45. The van der Waals surface area contributed by atoms with Crippen LogP contribution in [0.5, 0.6) is 0 Å². The number of rotatable bonds is 10. The Kier molecular flexibility index (Phi) is 10.5. The van der Waals surface area contributed by atoms with Gasteiger partial charge < -0.3 is 11.1 Å². The van der Waals surface area contributed by atoms with Gasteiger partial charge in [-0.3, -0.25) is 20.0 Å². The Labute approximate surface area is 238 Å². The molecule has 0 aromatic heterocycles. The first kappa shape index (κ1) is 29.5. The maximum absolute atomic E-state index is 13.3. The SMILES string of the molecule is CC(NC(=O)N(CCCCN)NC(=O)c1ccc(CN2CCN(C(C)C)CC2)cc1)c1cccc2ccccc12. The molecule has 1 heterocycles. The summed E-state index contributed by atoms with van der Waals surface area (Å²) < 4.78 is 0. The number of carbonyl (C=O) groups excluding carboxylic acids is 2. The quantitative estimate of drug-likeness (QED) is 0.258. The Morgan fingerprint density at radius 2 is 1.60 bits per heavy atom. The lowest BCUT2D eigenvalue weighted by molar-refractivity contribution is 0.0821. The number of unbranched alkanes of at least 4 members (excludes halogenated alkanes) is 1. The Morgan fingerprint density at radius 1 is 0.900 bits per heavy atom. The van der Waals surface area contributed by atoms with Crippen LogP contribution in [0.15, 0.2) is 66.7 Å². The van der Waals surface area contributed by atoms with E-state index in [1.54, 1.807) is 0 Å². The highest BCUT2D eigenvalue weighted by Crippen LogP contribution is 2.24. The summed E-state index contributed by atoms with van der Waals surface area (Å²) in [5.74, 6) is -0.308. The van der Waals surface area contributed by atoms with E-state index in [-0.39, 0.29) is 18.0 Å². The van der Waals surface area contributed by atoms with Crippen molar-refractivity contribution in [3.63, 3.8) is 0 Å². The van der Waals surface area contributed by atoms with Crippen molar-refractivity contribution >= 4 is 22.7 Å². The van der Waals surface area contributed by atoms with E-state index in [1.807, 2.05) is 55.5 Å². The molecule has 214 valence electrons. The minimum atomic E-state index is -0.344. The molecule has 3 aromatic carbocycles. The molecule has 8 heteroatoms. The second-order valence-corrected chi connectivity index (χ2v) is 10.9. The van der Waals surface area contributed by atoms with Gasteiger partial charge >= 0.3 is 6.03 Å². The molecule has 3 amide bonds. The predicted molar refractivity (Wildman–Crippen MR) is 162 cm³/mol. The van der Waals surface area contributed by atoms with Crippen molar-refractivity contribution in [3.05, 3.63) is 83.4 Å². The van der Waals surface area contributed by atoms with Crippen molar-refractivity contribution < 1.29 is 9.59 Å². The Hall–Kier alpha value is -3.46. The molecule has 3 aromatic rings. The van der Waals surface area contributed by atoms with Gasteiger partial charge in [0.05, 0.1) is 6.04 Å². The third-order valence-corrected chi connectivity index (χ3v) is 7.71. The van der Waals surface area contributed by atoms with Gasteiger partial charge in [0.25, 0.3) is 5.91 Å². The molecule has 0 bridgehead atoms. The van der Waals surface area contributed by atoms with Crippen LogP contribution in [-0.2, 0) is 6.54 Å². The number of hydrazine groups is 1. The zero-order valence-electron chi connectivity index (χ0n) is 24.1. The Morgan fingerprint density at radius 3 is 2.30 bits per heavy atom. The van der Waals surface area contributed by atoms with Crippen molar-refractivity contribution in [1.82, 2.24) is 25.6 Å². The number of nitrogens with zero attached hydrogens (tertiary/aromatic N) is 3. The molecule has 0 saturated carbocycles. The molecule has 1 saturated heterocycles. The summed E-state index contributed by atoms with van der Waals surface area (Å²) >= 11 is 0. The minimum Gasteiger partial charge on any atom is -0.330 e. The molecule has 8 nitrogen and oxygen atoms in total. The van der Waals surface area contributed by atoms with Crippen LogP contribution in [0.2, 0.25) is 0 Å². The highest BCUT2D eigenvalue weighted by Gasteiger charge is 2.21. The number of nitrogens with one attached hydrogen (secondary N) is 2. The van der Waals surface area contributed by atoms with Gasteiger partial charge in [-0.1, -0.05) is 54.6 Å². The molecule has 0 spiro atoms. The molecular formula is C32H44N6O2. The molecule has 1 aliphatic heterocycles. The highest BCUT2D eigenvalue weighted by atomic mass is 16.2. The fourth-order valence-corrected chi connectivity index (χ4v) is 5.24. The van der Waals surface area contributed by atoms with E-state index >= 15 is 0 Å². The summed E-state index contributed by atoms with van der Waals surface area (Å²) in [5.41, 5.74) is 11.2. The molecule has 4 rings (SSSR count). The van der Waals surface area contributed by atoms with E-state index in [0.717, 1.165) is 55.5 Å². The first-order chi connectivity index (χ1) is 19.4. The molecule has 1 fully saturated rings. The lowest BCUT2D eigenvalue weighted by Gasteiger charge is -2.36. The van der Waals surface area contributed by atoms with Crippen LogP contribution in [0.3, 0.4) is 0 Å². The van der Waals surface area contributed by atoms with Crippen molar-refractivity contribution in [2.24, 2.45) is 5.73 Å². The lowest BCUT2D eigenvalue weighted by Crippen LogP contribution is -2.51. The lowest BCUT2D eigenvalue weighted by atomic mass is 10.00. The Balaban J connectivity index is 1.37. The summed E-state index contributed by atoms with van der Waals surface area (Å²) in [7, 11) is 0. The summed E-state index contributed by atoms with van der Waals surface area (Å²) in [6.45, 7) is 12.5. The number of urea groups is 1. The maximum atomic E-state index is 13.3. The topological polar surface area (TPSA) is 93.9 Å². The number of amides is 3. The molecular weight excluding hydrogens is 500 g/mol. The van der Waals surface area contributed by atoms with Crippen molar-refractivity contribution in [1.29, 1.82) is 0 Å². The molecule has 0 radical (unpaired) electrons. The van der Waals surface area contributed by atoms with Crippen LogP contribution < -0.4 is 16.5 Å². The van der Waals surface area contributed by atoms with Gasteiger partial charge in [0.15, 0.2) is 0 Å². The smallest absolute Gasteiger partial charge is 0.330 e. The third-order valence-electron chi connectivity index (χ3n) is 7.71. The number of nitrogens with two attached hydrogens (primary N) is 1. The van der Waals surface area contributed by atoms with Crippen molar-refractivity contribution in [2.45, 2.75) is 52.2 Å². The van der Waals surface area contributed by atoms with E-state index in [4.69, 9.17) is 5.73 Å². The van der Waals surface area contributed by atoms with Crippen LogP contribution in [0.25, 0.3) is 10.8 Å². The van der Waals surface area contributed by atoms with Gasteiger partial charge in [0, 0.05) is 50.9 Å². The molecule has 40 heavy (non-hydrogen) atoms. The average molecular weight is 545 g/mol. The van der Waals surface area contributed by atoms with Gasteiger partial charge in [-0.15, -0.1) is 0 Å². The van der Waals surface area contributed by atoms with Gasteiger partial charge in [-0.2, -0.15) is 0 Å². The second-order valence-electron chi connectivity index (χ2n) is 10.9. The largest absolute Gasteiger partial charge is 0.336 e. The second kappa shape index (κ2) is 14.3. The summed E-state index contributed by atoms with van der Waals surface area (Å²) in [4.78, 5) is 31.4. The number of hydrogen-bond acceptors (Lipinski definition) is 5. The molecule has 4 N–H and O–H groups in total. The maximum Gasteiger partial charge on any atom is 0.336 e. The van der Waals surface area contributed by atoms with Gasteiger partial charge in [-0.25, -0.2) is 9.80 Å². The van der Waals surface area contributed by atoms with Crippen LogP contribution in [0.1, 0.15) is 61.1 Å². The van der Waals surface area contributed by atoms with E-state index in [0.29, 0.717) is 31.1 Å². The van der Waals surface area contributed by atoms with Crippen LogP contribution >= 0.6 is 0 Å². The molecule has 1 unspecified atom stereocenters. The molecule has 1 aliphatic rings. The summed E-state index contributed by atoms with van der Waals surface area (Å²) in [5, 5.41) is 6.66. The van der Waals surface area contributed by atoms with E-state index in [2.05, 4.69) is 52.6 Å². The van der Waals surface area contributed by atoms with E-state index in [1.165, 1.54) is 10.6 Å². The third kappa shape index (κ3) is 7.81. The number of benzene rings is 3. The minimum absolute atomic E-state index is 0.241. The number of piperazine rings is 1. The zero-order chi connectivity index (χ0) is 28.5. The number of fused-ring (bicyclic) bond motifs is 1. The first-order valence-electron chi connectivity index (χ1n) is 14.5. The van der Waals surface area contributed by atoms with Crippen LogP contribution in [0.4, 0.5) is 4.79 Å². The number of carbonyl (C=O) groups is 2. The van der Waals surface area contributed by atoms with E-state index in [9.17, 15) is 9.59 Å². The Bertz CT molecular complexity index is 1250. The average Bonchev–Trinajstić information content (AvgIpc) is 2.97. The van der Waals surface area contributed by atoms with Gasteiger partial charge in [-0.05, 0) is 74.2 Å². The molecule has 0 aliphatic carbocycles. The molecule has 1 atom stereocenters. The fourth-order valence-electron chi connectivity index (χ4n) is 5.24. The zero-order valence-corrected chi connectivity index (χ0v) is 24.1. The van der Waals surface area contributed by atoms with E-state index < -0.39 is 0 Å². The predicted octanol–water partition coefficient (Wildman–Crippen LogP) is 4.52. The highest BCUT2D eigenvalue weighted by molar-refractivity contribution is 5.95.